The summed E-state index contributed by atoms with van der Waals surface area (Å²) in [5.41, 5.74) is 0.887. The van der Waals surface area contributed by atoms with Crippen LogP contribution in [0.2, 0.25) is 0 Å². The van der Waals surface area contributed by atoms with Gasteiger partial charge in [0.2, 0.25) is 10.0 Å². The summed E-state index contributed by atoms with van der Waals surface area (Å²) in [4.78, 5) is 11.8. The van der Waals surface area contributed by atoms with Crippen molar-refractivity contribution in [3.63, 3.8) is 0 Å². The Kier molecular flexibility index (Phi) is 5.58. The van der Waals surface area contributed by atoms with E-state index in [1.807, 2.05) is 30.3 Å². The quantitative estimate of drug-likeness (QED) is 0.743. The average Bonchev–Trinajstić information content (AvgIpc) is 3.44. The molecule has 0 bridgehead atoms. The van der Waals surface area contributed by atoms with Gasteiger partial charge in [-0.3, -0.25) is 4.79 Å². The van der Waals surface area contributed by atoms with E-state index in [9.17, 15) is 13.2 Å². The highest BCUT2D eigenvalue weighted by molar-refractivity contribution is 7.89. The van der Waals surface area contributed by atoms with Gasteiger partial charge in [0.05, 0.1) is 4.90 Å². The topological polar surface area (TPSA) is 84.5 Å². The van der Waals surface area contributed by atoms with Crippen LogP contribution in [0.1, 0.15) is 31.4 Å². The fourth-order valence-corrected chi connectivity index (χ4v) is 3.70. The monoisotopic (exact) mass is 374 g/mol. The summed E-state index contributed by atoms with van der Waals surface area (Å²) in [6.07, 6.45) is 2.04. The molecule has 2 aromatic carbocycles. The molecular formula is C19H22N2O4S. The lowest BCUT2D eigenvalue weighted by molar-refractivity contribution is -0.123. The summed E-state index contributed by atoms with van der Waals surface area (Å²) in [6, 6.07) is 15.3. The molecule has 1 amide bonds. The first kappa shape index (κ1) is 18.4. The number of hydrogen-bond acceptors (Lipinski definition) is 4. The van der Waals surface area contributed by atoms with Crippen molar-refractivity contribution in [3.8, 4) is 5.75 Å². The van der Waals surface area contributed by atoms with Crippen LogP contribution in [0.15, 0.2) is 59.5 Å². The van der Waals surface area contributed by atoms with Crippen molar-refractivity contribution < 1.29 is 17.9 Å². The van der Waals surface area contributed by atoms with Crippen LogP contribution in [0.25, 0.3) is 0 Å². The van der Waals surface area contributed by atoms with Crippen LogP contribution in [0.5, 0.6) is 5.75 Å². The lowest BCUT2D eigenvalue weighted by Crippen LogP contribution is -2.30. The van der Waals surface area contributed by atoms with E-state index in [-0.39, 0.29) is 29.5 Å². The van der Waals surface area contributed by atoms with E-state index >= 15 is 0 Å². The number of ether oxygens (including phenoxy) is 1. The zero-order valence-electron chi connectivity index (χ0n) is 14.5. The van der Waals surface area contributed by atoms with Gasteiger partial charge >= 0.3 is 0 Å². The van der Waals surface area contributed by atoms with E-state index in [4.69, 9.17) is 4.74 Å². The molecule has 7 heteroatoms. The number of amides is 1. The predicted octanol–water partition coefficient (Wildman–Crippen LogP) is 2.38. The zero-order valence-corrected chi connectivity index (χ0v) is 15.3. The molecule has 2 aromatic rings. The molecule has 26 heavy (non-hydrogen) atoms. The van der Waals surface area contributed by atoms with Gasteiger partial charge in [0.15, 0.2) is 6.61 Å². The molecule has 0 heterocycles. The summed E-state index contributed by atoms with van der Waals surface area (Å²) >= 11 is 0. The lowest BCUT2D eigenvalue weighted by atomic mass is 10.1. The largest absolute Gasteiger partial charge is 0.484 e. The molecule has 0 aromatic heterocycles. The second kappa shape index (κ2) is 7.88. The van der Waals surface area contributed by atoms with Gasteiger partial charge in [-0.2, -0.15) is 0 Å². The molecule has 1 aliphatic rings. The van der Waals surface area contributed by atoms with Crippen LogP contribution in [0.4, 0.5) is 0 Å². The normalized spacial score (nSPS) is 15.3. The standard InChI is InChI=1S/C19H22N2O4S/c1-14(15-5-3-2-4-6-15)21-26(23,24)18-11-9-17(10-12-18)25-13-19(22)20-16-7-8-16/h2-6,9-12,14,16,21H,7-8,13H2,1H3,(H,20,22)/t14-/m1/s1. The first-order valence-corrected chi connectivity index (χ1v) is 10.0. The summed E-state index contributed by atoms with van der Waals surface area (Å²) in [5, 5.41) is 2.83. The minimum atomic E-state index is -3.65. The van der Waals surface area contributed by atoms with Crippen molar-refractivity contribution in [2.75, 3.05) is 6.61 Å². The molecular weight excluding hydrogens is 352 g/mol. The molecule has 2 N–H and O–H groups in total. The van der Waals surface area contributed by atoms with Crippen LogP contribution in [0, 0.1) is 0 Å². The molecule has 1 fully saturated rings. The number of benzene rings is 2. The molecule has 1 atom stereocenters. The van der Waals surface area contributed by atoms with E-state index in [1.54, 1.807) is 19.1 Å². The van der Waals surface area contributed by atoms with E-state index < -0.39 is 10.0 Å². The van der Waals surface area contributed by atoms with Crippen molar-refractivity contribution in [2.45, 2.75) is 36.7 Å². The van der Waals surface area contributed by atoms with Crippen molar-refractivity contribution in [3.05, 3.63) is 60.2 Å². The van der Waals surface area contributed by atoms with E-state index in [1.165, 1.54) is 12.1 Å². The minimum Gasteiger partial charge on any atom is -0.484 e. The van der Waals surface area contributed by atoms with Gasteiger partial charge in [0.25, 0.3) is 5.91 Å². The van der Waals surface area contributed by atoms with E-state index in [0.29, 0.717) is 5.75 Å². The van der Waals surface area contributed by atoms with Crippen LogP contribution < -0.4 is 14.8 Å². The Morgan fingerprint density at radius 1 is 1.12 bits per heavy atom. The molecule has 0 radical (unpaired) electrons. The van der Waals surface area contributed by atoms with Crippen LogP contribution in [0.3, 0.4) is 0 Å². The van der Waals surface area contributed by atoms with Crippen molar-refractivity contribution in [2.24, 2.45) is 0 Å². The highest BCUT2D eigenvalue weighted by Gasteiger charge is 2.23. The molecule has 138 valence electrons. The maximum atomic E-state index is 12.5. The van der Waals surface area contributed by atoms with Gasteiger partial charge in [-0.05, 0) is 49.6 Å². The van der Waals surface area contributed by atoms with Crippen molar-refractivity contribution in [1.82, 2.24) is 10.0 Å². The summed E-state index contributed by atoms with van der Waals surface area (Å²) in [5.74, 6) is 0.286. The van der Waals surface area contributed by atoms with Gasteiger partial charge in [-0.15, -0.1) is 0 Å². The highest BCUT2D eigenvalue weighted by Crippen LogP contribution is 2.20. The van der Waals surface area contributed by atoms with Crippen LogP contribution >= 0.6 is 0 Å². The summed E-state index contributed by atoms with van der Waals surface area (Å²) in [7, 11) is -3.65. The fourth-order valence-electron chi connectivity index (χ4n) is 2.47. The Bertz CT molecular complexity index is 847. The van der Waals surface area contributed by atoms with Crippen LogP contribution in [-0.4, -0.2) is 27.0 Å². The number of rotatable bonds is 8. The fraction of sp³-hybridized carbons (Fsp3) is 0.316. The highest BCUT2D eigenvalue weighted by atomic mass is 32.2. The smallest absolute Gasteiger partial charge is 0.258 e. The Balaban J connectivity index is 1.58. The second-order valence-electron chi connectivity index (χ2n) is 6.36. The van der Waals surface area contributed by atoms with Crippen molar-refractivity contribution >= 4 is 15.9 Å². The zero-order chi connectivity index (χ0) is 18.6. The maximum absolute atomic E-state index is 12.5. The molecule has 0 aliphatic heterocycles. The summed E-state index contributed by atoms with van der Waals surface area (Å²) in [6.45, 7) is 1.72. The number of carbonyl (C=O) groups is 1. The third-order valence-electron chi connectivity index (χ3n) is 4.08. The van der Waals surface area contributed by atoms with Crippen LogP contribution in [-0.2, 0) is 14.8 Å². The Morgan fingerprint density at radius 2 is 1.77 bits per heavy atom. The molecule has 0 spiro atoms. The SMILES string of the molecule is C[C@@H](NS(=O)(=O)c1ccc(OCC(=O)NC2CC2)cc1)c1ccccc1. The Morgan fingerprint density at radius 3 is 2.38 bits per heavy atom. The van der Waals surface area contributed by atoms with Gasteiger partial charge in [-0.25, -0.2) is 13.1 Å². The van der Waals surface area contributed by atoms with Gasteiger partial charge in [-0.1, -0.05) is 30.3 Å². The average molecular weight is 374 g/mol. The van der Waals surface area contributed by atoms with Crippen molar-refractivity contribution in [1.29, 1.82) is 0 Å². The number of nitrogens with one attached hydrogen (secondary N) is 2. The number of sulfonamides is 1. The van der Waals surface area contributed by atoms with Gasteiger partial charge < -0.3 is 10.1 Å². The number of hydrogen-bond donors (Lipinski definition) is 2. The Hall–Kier alpha value is -2.38. The van der Waals surface area contributed by atoms with Gasteiger partial charge in [0.1, 0.15) is 5.75 Å². The maximum Gasteiger partial charge on any atom is 0.258 e. The molecule has 6 nitrogen and oxygen atoms in total. The minimum absolute atomic E-state index is 0.0775. The molecule has 1 aliphatic carbocycles. The lowest BCUT2D eigenvalue weighted by Gasteiger charge is -2.15. The number of carbonyl (C=O) groups excluding carboxylic acids is 1. The first-order chi connectivity index (χ1) is 12.4. The molecule has 1 saturated carbocycles. The Labute approximate surface area is 153 Å². The van der Waals surface area contributed by atoms with Gasteiger partial charge in [0, 0.05) is 12.1 Å². The predicted molar refractivity (Wildman–Crippen MR) is 98.3 cm³/mol. The van der Waals surface area contributed by atoms with E-state index in [0.717, 1.165) is 18.4 Å². The molecule has 0 unspecified atom stereocenters. The first-order valence-electron chi connectivity index (χ1n) is 8.53. The second-order valence-corrected chi connectivity index (χ2v) is 8.07. The van der Waals surface area contributed by atoms with E-state index in [2.05, 4.69) is 10.0 Å². The molecule has 0 saturated heterocycles. The summed E-state index contributed by atoms with van der Waals surface area (Å²) < 4.78 is 33.1. The third kappa shape index (κ3) is 5.06. The molecule has 3 rings (SSSR count). The third-order valence-corrected chi connectivity index (χ3v) is 5.63.